The number of para-hydroxylation sites is 1. The largest absolute Gasteiger partial charge is 0.497 e. The van der Waals surface area contributed by atoms with Crippen LogP contribution in [0.1, 0.15) is 24.3 Å². The Hall–Kier alpha value is -3.99. The van der Waals surface area contributed by atoms with Crippen molar-refractivity contribution in [1.29, 1.82) is 0 Å². The lowest BCUT2D eigenvalue weighted by atomic mass is 9.95. The summed E-state index contributed by atoms with van der Waals surface area (Å²) in [4.78, 5) is 32.9. The number of benzene rings is 3. The number of nitrogens with one attached hydrogen (secondary N) is 1. The number of furan rings is 1. The number of allylic oxidation sites excluding steroid dienone is 1. The van der Waals surface area contributed by atoms with Gasteiger partial charge in [-0.1, -0.05) is 73.5 Å². The normalized spacial score (nSPS) is 14.9. The summed E-state index contributed by atoms with van der Waals surface area (Å²) in [7, 11) is 1.58. The van der Waals surface area contributed by atoms with Crippen molar-refractivity contribution in [3.05, 3.63) is 136 Å². The lowest BCUT2D eigenvalue weighted by molar-refractivity contribution is -0.113. The number of aromatic nitrogens is 1. The Balaban J connectivity index is 1.47. The Kier molecular flexibility index (Phi) is 7.85. The van der Waals surface area contributed by atoms with E-state index in [4.69, 9.17) is 14.1 Å². The van der Waals surface area contributed by atoms with Gasteiger partial charge in [0.2, 0.25) is 0 Å². The highest BCUT2D eigenvalue weighted by Crippen LogP contribution is 2.34. The van der Waals surface area contributed by atoms with Crippen LogP contribution in [0, 0.1) is 0 Å². The Morgan fingerprint density at radius 2 is 1.86 bits per heavy atom. The average Bonchev–Trinajstić information content (AvgIpc) is 3.58. The summed E-state index contributed by atoms with van der Waals surface area (Å²) in [6.45, 7) is 1.79. The standard InChI is InChI=1S/C32H23Br2N3O4S/c1-18-28(30(38)36-21-8-4-3-5-9-21)29(19-7-6-10-22(15-19)40-2)37-31(39)27(42-32(37)35-18)17-23-12-14-26(41-23)24-16-20(33)11-13-25(24)34/h3-17,29H,1-2H3,(H,36,38)/b27-17+/t29-/m0/s1. The van der Waals surface area contributed by atoms with Crippen LogP contribution >= 0.6 is 43.2 Å². The molecule has 3 aromatic carbocycles. The van der Waals surface area contributed by atoms with Crippen LogP contribution in [-0.2, 0) is 4.79 Å². The third kappa shape index (κ3) is 5.45. The van der Waals surface area contributed by atoms with Crippen LogP contribution in [0.25, 0.3) is 17.4 Å². The molecule has 0 aliphatic carbocycles. The topological polar surface area (TPSA) is 85.8 Å². The molecule has 210 valence electrons. The maximum absolute atomic E-state index is 14.0. The number of carbonyl (C=O) groups is 1. The molecular formula is C32H23Br2N3O4S. The van der Waals surface area contributed by atoms with Crippen molar-refractivity contribution >= 4 is 60.9 Å². The number of rotatable bonds is 6. The third-order valence-corrected chi connectivity index (χ3v) is 8.97. The molecule has 7 nitrogen and oxygen atoms in total. The zero-order valence-electron chi connectivity index (χ0n) is 22.4. The Morgan fingerprint density at radius 3 is 2.64 bits per heavy atom. The lowest BCUT2D eigenvalue weighted by Crippen LogP contribution is -2.40. The summed E-state index contributed by atoms with van der Waals surface area (Å²) in [5, 5.41) is 2.96. The van der Waals surface area contributed by atoms with Gasteiger partial charge >= 0.3 is 0 Å². The lowest BCUT2D eigenvalue weighted by Gasteiger charge is -2.25. The van der Waals surface area contributed by atoms with Gasteiger partial charge < -0.3 is 14.5 Å². The number of methoxy groups -OCH3 is 1. The molecular weight excluding hydrogens is 682 g/mol. The molecule has 3 heterocycles. The minimum atomic E-state index is -0.716. The summed E-state index contributed by atoms with van der Waals surface area (Å²) >= 11 is 8.33. The Bertz CT molecular complexity index is 2040. The van der Waals surface area contributed by atoms with Crippen molar-refractivity contribution < 1.29 is 13.9 Å². The first-order chi connectivity index (χ1) is 20.3. The molecule has 1 aliphatic heterocycles. The Morgan fingerprint density at radius 1 is 1.05 bits per heavy atom. The molecule has 2 aromatic heterocycles. The summed E-state index contributed by atoms with van der Waals surface area (Å²) in [5.74, 6) is 1.47. The zero-order valence-corrected chi connectivity index (χ0v) is 26.4. The molecule has 0 spiro atoms. The van der Waals surface area contributed by atoms with E-state index in [1.165, 1.54) is 11.3 Å². The van der Waals surface area contributed by atoms with Gasteiger partial charge in [-0.3, -0.25) is 14.2 Å². The van der Waals surface area contributed by atoms with Gasteiger partial charge in [0.25, 0.3) is 11.5 Å². The first-order valence-corrected chi connectivity index (χ1v) is 15.3. The highest BCUT2D eigenvalue weighted by molar-refractivity contribution is 9.11. The number of carbonyl (C=O) groups excluding carboxylic acids is 1. The van der Waals surface area contributed by atoms with E-state index in [9.17, 15) is 9.59 Å². The van der Waals surface area contributed by atoms with Crippen LogP contribution in [0.5, 0.6) is 5.75 Å². The van der Waals surface area contributed by atoms with Gasteiger partial charge in [-0.15, -0.1) is 0 Å². The van der Waals surface area contributed by atoms with Gasteiger partial charge in [-0.2, -0.15) is 0 Å². The van der Waals surface area contributed by atoms with Crippen molar-refractivity contribution in [2.24, 2.45) is 4.99 Å². The maximum atomic E-state index is 14.0. The minimum Gasteiger partial charge on any atom is -0.497 e. The van der Waals surface area contributed by atoms with Gasteiger partial charge in [-0.25, -0.2) is 4.99 Å². The predicted molar refractivity (Wildman–Crippen MR) is 171 cm³/mol. The fourth-order valence-corrected chi connectivity index (χ4v) is 6.68. The summed E-state index contributed by atoms with van der Waals surface area (Å²) < 4.78 is 15.4. The quantitative estimate of drug-likeness (QED) is 0.214. The van der Waals surface area contributed by atoms with Gasteiger partial charge in [0.15, 0.2) is 4.80 Å². The second-order valence-corrected chi connectivity index (χ2v) is 12.3. The van der Waals surface area contributed by atoms with E-state index < -0.39 is 6.04 Å². The smallest absolute Gasteiger partial charge is 0.271 e. The number of nitrogens with zero attached hydrogens (tertiary/aromatic N) is 2. The number of thiazole rings is 1. The fraction of sp³-hybridized carbons (Fsp3) is 0.0938. The molecule has 0 saturated carbocycles. The van der Waals surface area contributed by atoms with E-state index in [-0.39, 0.29) is 11.5 Å². The van der Waals surface area contributed by atoms with Crippen LogP contribution in [0.15, 0.2) is 119 Å². The summed E-state index contributed by atoms with van der Waals surface area (Å²) in [6, 6.07) is 25.4. The fourth-order valence-electron chi connectivity index (χ4n) is 4.85. The molecule has 0 fully saturated rings. The second-order valence-electron chi connectivity index (χ2n) is 9.50. The van der Waals surface area contributed by atoms with Crippen molar-refractivity contribution in [1.82, 2.24) is 4.57 Å². The molecule has 0 bridgehead atoms. The van der Waals surface area contributed by atoms with Gasteiger partial charge in [0.1, 0.15) is 17.3 Å². The first-order valence-electron chi connectivity index (χ1n) is 12.9. The van der Waals surface area contributed by atoms with Crippen LogP contribution in [0.4, 0.5) is 5.69 Å². The van der Waals surface area contributed by atoms with Crippen LogP contribution < -0.4 is 24.9 Å². The number of halogens is 2. The molecule has 1 aliphatic rings. The number of amides is 1. The molecule has 1 N–H and O–H groups in total. The highest BCUT2D eigenvalue weighted by atomic mass is 79.9. The molecule has 1 atom stereocenters. The van der Waals surface area contributed by atoms with Crippen molar-refractivity contribution in [2.75, 3.05) is 12.4 Å². The van der Waals surface area contributed by atoms with Crippen molar-refractivity contribution in [2.45, 2.75) is 13.0 Å². The number of anilines is 1. The monoisotopic (exact) mass is 703 g/mol. The Labute approximate surface area is 261 Å². The molecule has 42 heavy (non-hydrogen) atoms. The number of ether oxygens (including phenoxy) is 1. The number of hydrogen-bond donors (Lipinski definition) is 1. The molecule has 10 heteroatoms. The van der Waals surface area contributed by atoms with E-state index >= 15 is 0 Å². The van der Waals surface area contributed by atoms with E-state index in [0.29, 0.717) is 43.6 Å². The van der Waals surface area contributed by atoms with Crippen LogP contribution in [0.3, 0.4) is 0 Å². The number of fused-ring (bicyclic) bond motifs is 1. The third-order valence-electron chi connectivity index (χ3n) is 6.80. The average molecular weight is 705 g/mol. The van der Waals surface area contributed by atoms with E-state index in [0.717, 1.165) is 20.1 Å². The molecule has 0 radical (unpaired) electrons. The summed E-state index contributed by atoms with van der Waals surface area (Å²) in [6.07, 6.45) is 1.71. The van der Waals surface area contributed by atoms with Crippen molar-refractivity contribution in [3.8, 4) is 17.1 Å². The van der Waals surface area contributed by atoms with E-state index in [2.05, 4.69) is 37.2 Å². The minimum absolute atomic E-state index is 0.273. The number of hydrogen-bond acceptors (Lipinski definition) is 6. The van der Waals surface area contributed by atoms with Gasteiger partial charge in [0, 0.05) is 26.3 Å². The molecule has 0 saturated heterocycles. The molecule has 1 amide bonds. The van der Waals surface area contributed by atoms with Gasteiger partial charge in [-0.05, 0) is 67.1 Å². The zero-order chi connectivity index (χ0) is 29.4. The highest BCUT2D eigenvalue weighted by Gasteiger charge is 2.32. The van der Waals surface area contributed by atoms with Gasteiger partial charge in [0.05, 0.1) is 29.0 Å². The maximum Gasteiger partial charge on any atom is 0.271 e. The second kappa shape index (κ2) is 11.7. The molecule has 5 aromatic rings. The van der Waals surface area contributed by atoms with Crippen LogP contribution in [-0.4, -0.2) is 17.6 Å². The predicted octanol–water partition coefficient (Wildman–Crippen LogP) is 6.67. The molecule has 6 rings (SSSR count). The first kappa shape index (κ1) is 28.1. The van der Waals surface area contributed by atoms with E-state index in [1.54, 1.807) is 24.7 Å². The van der Waals surface area contributed by atoms with E-state index in [1.807, 2.05) is 84.9 Å². The van der Waals surface area contributed by atoms with Crippen LogP contribution in [0.2, 0.25) is 0 Å². The molecule has 0 unspecified atom stereocenters. The summed E-state index contributed by atoms with van der Waals surface area (Å²) in [5.41, 5.74) is 2.90. The SMILES string of the molecule is COc1cccc([C@H]2C(C(=O)Nc3ccccc3)=C(C)N=c3s/c(=C/c4ccc(-c5cc(Br)ccc5Br)o4)c(=O)n32)c1. The van der Waals surface area contributed by atoms with Crippen molar-refractivity contribution in [3.63, 3.8) is 0 Å².